The van der Waals surface area contributed by atoms with Crippen molar-refractivity contribution in [2.24, 2.45) is 23.7 Å². The first kappa shape index (κ1) is 25.7. The molecule has 0 spiro atoms. The molecule has 0 radical (unpaired) electrons. The lowest BCUT2D eigenvalue weighted by Crippen LogP contribution is -2.56. The van der Waals surface area contributed by atoms with E-state index in [-0.39, 0.29) is 30.0 Å². The van der Waals surface area contributed by atoms with Crippen molar-refractivity contribution in [3.05, 3.63) is 83.4 Å². The molecule has 1 fully saturated rings. The number of aliphatic hydroxyl groups is 1. The van der Waals surface area contributed by atoms with Crippen LogP contribution in [0.4, 0.5) is 0 Å². The number of ether oxygens (including phenoxy) is 1. The van der Waals surface area contributed by atoms with Crippen LogP contribution in [-0.4, -0.2) is 41.3 Å². The van der Waals surface area contributed by atoms with E-state index in [9.17, 15) is 9.90 Å². The van der Waals surface area contributed by atoms with E-state index in [4.69, 9.17) is 4.74 Å². The Kier molecular flexibility index (Phi) is 7.83. The predicted octanol–water partition coefficient (Wildman–Crippen LogP) is 6.02. The lowest BCUT2D eigenvalue weighted by Gasteiger charge is -2.53. The van der Waals surface area contributed by atoms with Gasteiger partial charge in [0.15, 0.2) is 0 Å². The Balaban J connectivity index is 1.58. The van der Waals surface area contributed by atoms with Crippen LogP contribution in [0.5, 0.6) is 0 Å². The predicted molar refractivity (Wildman–Crippen MR) is 141 cm³/mol. The summed E-state index contributed by atoms with van der Waals surface area (Å²) in [5.74, 6) is 0.742. The molecule has 188 valence electrons. The van der Waals surface area contributed by atoms with Gasteiger partial charge in [-0.05, 0) is 61.3 Å². The Labute approximate surface area is 211 Å². The summed E-state index contributed by atoms with van der Waals surface area (Å²) in [7, 11) is 2.22. The van der Waals surface area contributed by atoms with Crippen LogP contribution in [0.25, 0.3) is 0 Å². The van der Waals surface area contributed by atoms with Crippen molar-refractivity contribution in [1.82, 2.24) is 4.90 Å². The van der Waals surface area contributed by atoms with Crippen molar-refractivity contribution in [3.8, 4) is 0 Å². The highest BCUT2D eigenvalue weighted by molar-refractivity contribution is 5.66. The molecule has 0 aliphatic heterocycles. The fraction of sp³-hybridized carbons (Fsp3) is 0.516. The number of fused-ring (bicyclic) bond motifs is 1. The molecule has 0 amide bonds. The molecule has 1 unspecified atom stereocenters. The van der Waals surface area contributed by atoms with Gasteiger partial charge in [-0.15, -0.1) is 0 Å². The molecule has 4 rings (SSSR count). The van der Waals surface area contributed by atoms with Gasteiger partial charge in [0.1, 0.15) is 6.10 Å². The van der Waals surface area contributed by atoms with Crippen molar-refractivity contribution < 1.29 is 14.6 Å². The Morgan fingerprint density at radius 1 is 1.09 bits per heavy atom. The van der Waals surface area contributed by atoms with E-state index in [0.29, 0.717) is 18.3 Å². The number of rotatable bonds is 7. The van der Waals surface area contributed by atoms with E-state index in [1.807, 2.05) is 6.92 Å². The van der Waals surface area contributed by atoms with Crippen LogP contribution in [-0.2, 0) is 9.53 Å². The monoisotopic (exact) mass is 475 g/mol. The highest BCUT2D eigenvalue weighted by atomic mass is 16.5. The van der Waals surface area contributed by atoms with Crippen molar-refractivity contribution >= 4 is 5.97 Å². The van der Waals surface area contributed by atoms with E-state index >= 15 is 0 Å². The van der Waals surface area contributed by atoms with Crippen molar-refractivity contribution in [2.75, 3.05) is 13.6 Å². The molecule has 0 heterocycles. The fourth-order valence-corrected chi connectivity index (χ4v) is 6.67. The standard InChI is InChI=1S/C31H41NO3/c1-21-18-28-27(17-16-23(3)31(28,34)19-29(21)35-24(4)33)22(2)20-32(5)30(25-12-8-6-9-13-25)26-14-10-7-11-15-26/h6-15,18,22-23,27-30,34H,16-17,19-20H2,1-5H3/t22?,23-,27+,28-,29-,31-/m1/s1. The third kappa shape index (κ3) is 5.39. The minimum Gasteiger partial charge on any atom is -0.458 e. The lowest BCUT2D eigenvalue weighted by atomic mass is 9.57. The molecule has 35 heavy (non-hydrogen) atoms. The minimum atomic E-state index is -0.840. The Hall–Kier alpha value is -2.43. The van der Waals surface area contributed by atoms with E-state index < -0.39 is 5.60 Å². The Morgan fingerprint density at radius 3 is 2.20 bits per heavy atom. The molecule has 1 N–H and O–H groups in total. The zero-order valence-corrected chi connectivity index (χ0v) is 21.9. The SMILES string of the molecule is CC(=O)O[C@@H]1C[C@@]2(O)[C@H](C)CC[C@@H](C(C)CN(C)C(c3ccccc3)c3ccccc3)[C@H]2C=C1C. The smallest absolute Gasteiger partial charge is 0.303 e. The van der Waals surface area contributed by atoms with E-state index in [1.165, 1.54) is 18.1 Å². The van der Waals surface area contributed by atoms with Gasteiger partial charge >= 0.3 is 5.97 Å². The maximum Gasteiger partial charge on any atom is 0.303 e. The quantitative estimate of drug-likeness (QED) is 0.393. The average molecular weight is 476 g/mol. The van der Waals surface area contributed by atoms with Gasteiger partial charge in [-0.2, -0.15) is 0 Å². The number of carbonyl (C=O) groups excluding carboxylic acids is 1. The van der Waals surface area contributed by atoms with Gasteiger partial charge in [0.25, 0.3) is 0 Å². The van der Waals surface area contributed by atoms with Gasteiger partial charge in [0, 0.05) is 25.8 Å². The minimum absolute atomic E-state index is 0.0772. The van der Waals surface area contributed by atoms with Crippen LogP contribution in [0.1, 0.15) is 64.1 Å². The van der Waals surface area contributed by atoms with Crippen LogP contribution >= 0.6 is 0 Å². The summed E-state index contributed by atoms with van der Waals surface area (Å²) in [4.78, 5) is 14.1. The van der Waals surface area contributed by atoms with Gasteiger partial charge in [-0.25, -0.2) is 0 Å². The van der Waals surface area contributed by atoms with Crippen LogP contribution < -0.4 is 0 Å². The largest absolute Gasteiger partial charge is 0.458 e. The molecule has 2 aliphatic rings. The molecule has 2 aromatic rings. The van der Waals surface area contributed by atoms with Gasteiger partial charge in [-0.3, -0.25) is 9.69 Å². The van der Waals surface area contributed by atoms with Crippen molar-refractivity contribution in [1.29, 1.82) is 0 Å². The first-order valence-corrected chi connectivity index (χ1v) is 13.1. The second-order valence-corrected chi connectivity index (χ2v) is 11.0. The fourth-order valence-electron chi connectivity index (χ4n) is 6.67. The molecular formula is C31H41NO3. The molecule has 4 heteroatoms. The molecule has 0 aromatic heterocycles. The molecule has 6 atom stereocenters. The van der Waals surface area contributed by atoms with Gasteiger partial charge in [-0.1, -0.05) is 80.6 Å². The molecule has 0 bridgehead atoms. The van der Waals surface area contributed by atoms with Crippen LogP contribution in [0.3, 0.4) is 0 Å². The molecule has 2 aliphatic carbocycles. The average Bonchev–Trinajstić information content (AvgIpc) is 2.82. The number of hydrogen-bond donors (Lipinski definition) is 1. The third-order valence-corrected chi connectivity index (χ3v) is 8.57. The summed E-state index contributed by atoms with van der Waals surface area (Å²) in [6.07, 6.45) is 4.49. The summed E-state index contributed by atoms with van der Waals surface area (Å²) in [5, 5.41) is 11.9. The number of benzene rings is 2. The number of carbonyl (C=O) groups is 1. The van der Waals surface area contributed by atoms with Crippen molar-refractivity contribution in [2.45, 2.75) is 64.7 Å². The maximum atomic E-state index is 11.9. The van der Waals surface area contributed by atoms with Gasteiger partial charge in [0.05, 0.1) is 11.6 Å². The first-order chi connectivity index (χ1) is 16.7. The van der Waals surface area contributed by atoms with Crippen LogP contribution in [0.15, 0.2) is 72.3 Å². The normalized spacial score (nSPS) is 29.4. The van der Waals surface area contributed by atoms with Gasteiger partial charge < -0.3 is 9.84 Å². The van der Waals surface area contributed by atoms with Crippen LogP contribution in [0.2, 0.25) is 0 Å². The third-order valence-electron chi connectivity index (χ3n) is 8.57. The molecular weight excluding hydrogens is 434 g/mol. The lowest BCUT2D eigenvalue weighted by molar-refractivity contribution is -0.159. The summed E-state index contributed by atoms with van der Waals surface area (Å²) < 4.78 is 5.58. The summed E-state index contributed by atoms with van der Waals surface area (Å²) in [5.41, 5.74) is 2.81. The zero-order valence-electron chi connectivity index (χ0n) is 21.9. The second kappa shape index (κ2) is 10.7. The first-order valence-electron chi connectivity index (χ1n) is 13.1. The van der Waals surface area contributed by atoms with Gasteiger partial charge in [0.2, 0.25) is 0 Å². The highest BCUT2D eigenvalue weighted by Crippen LogP contribution is 2.51. The number of hydrogen-bond acceptors (Lipinski definition) is 4. The summed E-state index contributed by atoms with van der Waals surface area (Å²) in [6.45, 7) is 8.91. The molecule has 2 aromatic carbocycles. The second-order valence-electron chi connectivity index (χ2n) is 11.0. The molecule has 1 saturated carbocycles. The van der Waals surface area contributed by atoms with Crippen molar-refractivity contribution in [3.63, 3.8) is 0 Å². The van der Waals surface area contributed by atoms with E-state index in [1.54, 1.807) is 0 Å². The number of esters is 1. The zero-order chi connectivity index (χ0) is 25.2. The molecule has 0 saturated heterocycles. The van der Waals surface area contributed by atoms with E-state index in [0.717, 1.165) is 25.0 Å². The maximum absolute atomic E-state index is 11.9. The Bertz CT molecular complexity index is 981. The topological polar surface area (TPSA) is 49.8 Å². The Morgan fingerprint density at radius 2 is 1.66 bits per heavy atom. The van der Waals surface area contributed by atoms with Crippen LogP contribution in [0, 0.1) is 23.7 Å². The summed E-state index contributed by atoms with van der Waals surface area (Å²) >= 11 is 0. The number of nitrogens with zero attached hydrogens (tertiary/aromatic N) is 1. The summed E-state index contributed by atoms with van der Waals surface area (Å²) in [6, 6.07) is 21.6. The molecule has 4 nitrogen and oxygen atoms in total. The van der Waals surface area contributed by atoms with E-state index in [2.05, 4.69) is 92.5 Å². The highest BCUT2D eigenvalue weighted by Gasteiger charge is 2.52.